The molecule has 1 aliphatic rings. The minimum Gasteiger partial charge on any atom is -0.463 e. The van der Waals surface area contributed by atoms with Crippen molar-refractivity contribution in [2.45, 2.75) is 58.0 Å². The van der Waals surface area contributed by atoms with E-state index >= 15 is 0 Å². The van der Waals surface area contributed by atoms with Crippen LogP contribution in [-0.2, 0) is 47.6 Å². The van der Waals surface area contributed by atoms with Crippen LogP contribution in [0.5, 0.6) is 0 Å². The zero-order valence-electron chi connectivity index (χ0n) is 15.9. The van der Waals surface area contributed by atoms with Crippen LogP contribution in [0.3, 0.4) is 0 Å². The second kappa shape index (κ2) is 9.88. The standard InChI is InChI=1S/C15H21N3O10/c1-7(19)24-6-11-12(25-8(2)20)13(26-9(3)21)14(27-10(4)22)15(23-5,28-11)17-18-16/h11-14H,6H2,1-5H3/t11-,12-,13+,14-,15?/m1/s1. The fourth-order valence-electron chi connectivity index (χ4n) is 2.59. The number of carbonyl (C=O) groups is 4. The molecule has 1 fully saturated rings. The van der Waals surface area contributed by atoms with Crippen molar-refractivity contribution in [3.05, 3.63) is 10.4 Å². The first kappa shape index (κ1) is 23.1. The summed E-state index contributed by atoms with van der Waals surface area (Å²) in [4.78, 5) is 48.6. The Labute approximate surface area is 159 Å². The second-order valence-electron chi connectivity index (χ2n) is 5.66. The van der Waals surface area contributed by atoms with E-state index in [1.165, 1.54) is 0 Å². The third-order valence-corrected chi connectivity index (χ3v) is 3.49. The second-order valence-corrected chi connectivity index (χ2v) is 5.66. The maximum Gasteiger partial charge on any atom is 0.303 e. The number of rotatable bonds is 7. The van der Waals surface area contributed by atoms with E-state index in [2.05, 4.69) is 10.0 Å². The van der Waals surface area contributed by atoms with Crippen LogP contribution in [0, 0.1) is 0 Å². The predicted octanol–water partition coefficient (Wildman–Crippen LogP) is 0.354. The average Bonchev–Trinajstić information content (AvgIpc) is 2.57. The van der Waals surface area contributed by atoms with Crippen molar-refractivity contribution in [3.8, 4) is 0 Å². The van der Waals surface area contributed by atoms with Crippen molar-refractivity contribution < 1.29 is 47.6 Å². The maximum absolute atomic E-state index is 11.6. The minimum atomic E-state index is -2.29. The van der Waals surface area contributed by atoms with Crippen LogP contribution in [0.2, 0.25) is 0 Å². The van der Waals surface area contributed by atoms with Gasteiger partial charge in [0, 0.05) is 39.7 Å². The number of esters is 4. The highest BCUT2D eigenvalue weighted by Crippen LogP contribution is 2.37. The number of azide groups is 1. The van der Waals surface area contributed by atoms with E-state index in [1.807, 2.05) is 0 Å². The summed E-state index contributed by atoms with van der Waals surface area (Å²) in [5.41, 5.74) is 8.93. The molecule has 0 saturated carbocycles. The molecule has 0 aromatic heterocycles. The van der Waals surface area contributed by atoms with Gasteiger partial charge < -0.3 is 28.4 Å². The number of hydrogen-bond acceptors (Lipinski definition) is 11. The lowest BCUT2D eigenvalue weighted by molar-refractivity contribution is -0.356. The highest BCUT2D eigenvalue weighted by atomic mass is 16.8. The molecular weight excluding hydrogens is 382 g/mol. The monoisotopic (exact) mass is 403 g/mol. The first-order valence-corrected chi connectivity index (χ1v) is 8.00. The largest absolute Gasteiger partial charge is 0.463 e. The van der Waals surface area contributed by atoms with Gasteiger partial charge in [0.1, 0.15) is 12.7 Å². The van der Waals surface area contributed by atoms with E-state index in [9.17, 15) is 19.2 Å². The van der Waals surface area contributed by atoms with E-state index in [4.69, 9.17) is 34.0 Å². The lowest BCUT2D eigenvalue weighted by atomic mass is 9.95. The van der Waals surface area contributed by atoms with E-state index < -0.39 is 60.8 Å². The minimum absolute atomic E-state index is 0.468. The van der Waals surface area contributed by atoms with Gasteiger partial charge in [-0.2, -0.15) is 0 Å². The Balaban J connectivity index is 3.52. The topological polar surface area (TPSA) is 172 Å². The van der Waals surface area contributed by atoms with E-state index in [1.54, 1.807) is 0 Å². The molecule has 0 aromatic rings. The fraction of sp³-hybridized carbons (Fsp3) is 0.733. The molecular formula is C15H21N3O10. The highest BCUT2D eigenvalue weighted by Gasteiger charge is 2.60. The number of hydrogen-bond donors (Lipinski definition) is 0. The van der Waals surface area contributed by atoms with E-state index in [0.29, 0.717) is 0 Å². The quantitative estimate of drug-likeness (QED) is 0.190. The van der Waals surface area contributed by atoms with Gasteiger partial charge in [-0.15, -0.1) is 0 Å². The Hall–Kier alpha value is -2.89. The molecule has 0 amide bonds. The van der Waals surface area contributed by atoms with Crippen LogP contribution >= 0.6 is 0 Å². The zero-order chi connectivity index (χ0) is 21.5. The van der Waals surface area contributed by atoms with Crippen LogP contribution in [-0.4, -0.2) is 67.9 Å². The molecule has 13 heteroatoms. The summed E-state index contributed by atoms with van der Waals surface area (Å²) in [6, 6.07) is 0. The summed E-state index contributed by atoms with van der Waals surface area (Å²) in [6.45, 7) is 3.86. The molecule has 28 heavy (non-hydrogen) atoms. The van der Waals surface area contributed by atoms with E-state index in [-0.39, 0.29) is 0 Å². The van der Waals surface area contributed by atoms with Crippen LogP contribution in [0.4, 0.5) is 0 Å². The van der Waals surface area contributed by atoms with Crippen LogP contribution in [0.1, 0.15) is 27.7 Å². The molecule has 0 bridgehead atoms. The smallest absolute Gasteiger partial charge is 0.303 e. The Morgan fingerprint density at radius 1 is 0.964 bits per heavy atom. The lowest BCUT2D eigenvalue weighted by Crippen LogP contribution is -2.67. The van der Waals surface area contributed by atoms with Crippen molar-refractivity contribution in [1.29, 1.82) is 0 Å². The third-order valence-electron chi connectivity index (χ3n) is 3.49. The van der Waals surface area contributed by atoms with Gasteiger partial charge in [0.2, 0.25) is 6.10 Å². The molecule has 1 saturated heterocycles. The molecule has 156 valence electrons. The third kappa shape index (κ3) is 5.81. The summed E-state index contributed by atoms with van der Waals surface area (Å²) >= 11 is 0. The molecule has 1 aliphatic heterocycles. The van der Waals surface area contributed by atoms with Crippen molar-refractivity contribution in [3.63, 3.8) is 0 Å². The van der Waals surface area contributed by atoms with Gasteiger partial charge >= 0.3 is 23.9 Å². The first-order valence-electron chi connectivity index (χ1n) is 8.00. The summed E-state index contributed by atoms with van der Waals surface area (Å²) in [5, 5.41) is 3.40. The molecule has 0 radical (unpaired) electrons. The van der Waals surface area contributed by atoms with Crippen LogP contribution < -0.4 is 0 Å². The molecule has 0 N–H and O–H groups in total. The lowest BCUT2D eigenvalue weighted by Gasteiger charge is -2.48. The van der Waals surface area contributed by atoms with Gasteiger partial charge in [-0.25, -0.2) is 0 Å². The molecule has 5 atom stereocenters. The molecule has 1 rings (SSSR count). The Morgan fingerprint density at radius 2 is 1.50 bits per heavy atom. The number of nitrogens with zero attached hydrogens (tertiary/aromatic N) is 3. The maximum atomic E-state index is 11.6. The molecule has 0 spiro atoms. The Kier molecular flexibility index (Phi) is 8.16. The molecule has 1 unspecified atom stereocenters. The zero-order valence-corrected chi connectivity index (χ0v) is 15.9. The average molecular weight is 403 g/mol. The summed E-state index contributed by atoms with van der Waals surface area (Å²) < 4.78 is 31.1. The summed E-state index contributed by atoms with van der Waals surface area (Å²) in [7, 11) is 1.09. The van der Waals surface area contributed by atoms with Gasteiger partial charge in [0.25, 0.3) is 5.91 Å². The van der Waals surface area contributed by atoms with Crippen LogP contribution in [0.15, 0.2) is 5.11 Å². The van der Waals surface area contributed by atoms with Gasteiger partial charge in [-0.05, 0) is 10.6 Å². The highest BCUT2D eigenvalue weighted by molar-refractivity contribution is 5.68. The number of ether oxygens (including phenoxy) is 6. The summed E-state index contributed by atoms with van der Waals surface area (Å²) in [6.07, 6.45) is -5.78. The van der Waals surface area contributed by atoms with E-state index in [0.717, 1.165) is 34.8 Å². The summed E-state index contributed by atoms with van der Waals surface area (Å²) in [5.74, 6) is -5.42. The predicted molar refractivity (Wildman–Crippen MR) is 87.1 cm³/mol. The van der Waals surface area contributed by atoms with Crippen molar-refractivity contribution in [1.82, 2.24) is 0 Å². The number of carbonyl (C=O) groups excluding carboxylic acids is 4. The Morgan fingerprint density at radius 3 is 1.93 bits per heavy atom. The van der Waals surface area contributed by atoms with Crippen LogP contribution in [0.25, 0.3) is 10.4 Å². The SMILES string of the molecule is COC1(N=[N+]=[N-])O[C@H](COC(C)=O)[C@@H](OC(C)=O)[C@H](OC(C)=O)[C@H]1OC(C)=O. The molecule has 1 heterocycles. The number of methoxy groups -OCH3 is 1. The van der Waals surface area contributed by atoms with Gasteiger partial charge in [0.05, 0.1) is 0 Å². The van der Waals surface area contributed by atoms with Crippen molar-refractivity contribution in [2.75, 3.05) is 13.7 Å². The first-order chi connectivity index (χ1) is 13.1. The van der Waals surface area contributed by atoms with Gasteiger partial charge in [-0.3, -0.25) is 19.2 Å². The van der Waals surface area contributed by atoms with Crippen molar-refractivity contribution in [2.24, 2.45) is 5.11 Å². The molecule has 0 aromatic carbocycles. The normalized spacial score (nSPS) is 29.0. The van der Waals surface area contributed by atoms with Crippen molar-refractivity contribution >= 4 is 23.9 Å². The molecule has 13 nitrogen and oxygen atoms in total. The molecule has 0 aliphatic carbocycles. The van der Waals surface area contributed by atoms with Gasteiger partial charge in [0.15, 0.2) is 12.2 Å². The van der Waals surface area contributed by atoms with Gasteiger partial charge in [-0.1, -0.05) is 0 Å². The fourth-order valence-corrected chi connectivity index (χ4v) is 2.59. The Bertz CT molecular complexity index is 677.